The van der Waals surface area contributed by atoms with E-state index in [1.165, 1.54) is 32.4 Å². The second-order valence-electron chi connectivity index (χ2n) is 8.70. The Kier molecular flexibility index (Phi) is 7.77. The molecule has 1 N–H and O–H groups in total. The van der Waals surface area contributed by atoms with Crippen LogP contribution in [0.4, 0.5) is 0 Å². The maximum atomic E-state index is 12.9. The summed E-state index contributed by atoms with van der Waals surface area (Å²) in [6.45, 7) is 5.39. The standard InChI is InChI=1S/C26H33N3O3/c30-25(21-8-3-1-4-9-21)27-23-14-18-29(20-23)26(31)22-10-12-24(13-11-22)32-19-7-17-28-15-5-2-6-16-28/h1,3-4,8-13,23H,2,5-7,14-20H2,(H,27,30). The minimum Gasteiger partial charge on any atom is -0.494 e. The van der Waals surface area contributed by atoms with E-state index < -0.39 is 0 Å². The average Bonchev–Trinajstić information content (AvgIpc) is 3.31. The lowest BCUT2D eigenvalue weighted by Gasteiger charge is -2.26. The molecule has 4 rings (SSSR count). The molecule has 0 radical (unpaired) electrons. The maximum Gasteiger partial charge on any atom is 0.253 e. The zero-order valence-electron chi connectivity index (χ0n) is 18.7. The zero-order chi connectivity index (χ0) is 22.2. The normalized spacial score (nSPS) is 19.0. The van der Waals surface area contributed by atoms with E-state index in [0.29, 0.717) is 30.8 Å². The summed E-state index contributed by atoms with van der Waals surface area (Å²) in [6.07, 6.45) is 5.77. The number of ether oxygens (including phenoxy) is 1. The van der Waals surface area contributed by atoms with Gasteiger partial charge in [-0.1, -0.05) is 24.6 Å². The van der Waals surface area contributed by atoms with Crippen LogP contribution < -0.4 is 10.1 Å². The number of carbonyl (C=O) groups is 2. The summed E-state index contributed by atoms with van der Waals surface area (Å²) in [5, 5.41) is 3.04. The van der Waals surface area contributed by atoms with Crippen LogP contribution in [-0.2, 0) is 0 Å². The van der Waals surface area contributed by atoms with Crippen molar-refractivity contribution in [1.29, 1.82) is 0 Å². The van der Waals surface area contributed by atoms with Crippen molar-refractivity contribution in [3.8, 4) is 5.75 Å². The van der Waals surface area contributed by atoms with Gasteiger partial charge in [-0.15, -0.1) is 0 Å². The van der Waals surface area contributed by atoms with Crippen molar-refractivity contribution in [2.45, 2.75) is 38.1 Å². The molecule has 0 aromatic heterocycles. The van der Waals surface area contributed by atoms with E-state index in [9.17, 15) is 9.59 Å². The quantitative estimate of drug-likeness (QED) is 0.644. The van der Waals surface area contributed by atoms with Crippen molar-refractivity contribution < 1.29 is 14.3 Å². The van der Waals surface area contributed by atoms with Crippen LogP contribution in [0.2, 0.25) is 0 Å². The molecule has 2 heterocycles. The van der Waals surface area contributed by atoms with Crippen LogP contribution in [0, 0.1) is 0 Å². The smallest absolute Gasteiger partial charge is 0.253 e. The summed E-state index contributed by atoms with van der Waals surface area (Å²) in [4.78, 5) is 29.5. The van der Waals surface area contributed by atoms with Crippen LogP contribution in [0.15, 0.2) is 54.6 Å². The average molecular weight is 436 g/mol. The van der Waals surface area contributed by atoms with E-state index in [-0.39, 0.29) is 17.9 Å². The third-order valence-electron chi connectivity index (χ3n) is 6.28. The van der Waals surface area contributed by atoms with Gasteiger partial charge in [0.15, 0.2) is 0 Å². The summed E-state index contributed by atoms with van der Waals surface area (Å²) in [7, 11) is 0. The van der Waals surface area contributed by atoms with E-state index in [1.807, 2.05) is 47.4 Å². The van der Waals surface area contributed by atoms with Gasteiger partial charge in [-0.05, 0) is 75.2 Å². The molecule has 2 fully saturated rings. The van der Waals surface area contributed by atoms with Gasteiger partial charge >= 0.3 is 0 Å². The van der Waals surface area contributed by atoms with Crippen molar-refractivity contribution in [2.24, 2.45) is 0 Å². The van der Waals surface area contributed by atoms with Crippen molar-refractivity contribution in [3.63, 3.8) is 0 Å². The second-order valence-corrected chi connectivity index (χ2v) is 8.70. The molecule has 6 nitrogen and oxygen atoms in total. The Morgan fingerprint density at radius 2 is 1.66 bits per heavy atom. The number of hydrogen-bond acceptors (Lipinski definition) is 4. The van der Waals surface area contributed by atoms with Gasteiger partial charge in [-0.2, -0.15) is 0 Å². The number of nitrogens with zero attached hydrogens (tertiary/aromatic N) is 2. The fraction of sp³-hybridized carbons (Fsp3) is 0.462. The van der Waals surface area contributed by atoms with E-state index in [1.54, 1.807) is 12.1 Å². The third kappa shape index (κ3) is 6.10. The molecule has 0 saturated carbocycles. The predicted octanol–water partition coefficient (Wildman–Crippen LogP) is 3.59. The van der Waals surface area contributed by atoms with E-state index in [2.05, 4.69) is 10.2 Å². The Morgan fingerprint density at radius 3 is 2.41 bits per heavy atom. The molecule has 1 atom stereocenters. The van der Waals surface area contributed by atoms with E-state index in [0.717, 1.165) is 25.1 Å². The van der Waals surface area contributed by atoms with Crippen molar-refractivity contribution >= 4 is 11.8 Å². The minimum absolute atomic E-state index is 0.00175. The number of likely N-dealkylation sites (tertiary alicyclic amines) is 2. The monoisotopic (exact) mass is 435 g/mol. The Labute approximate surface area is 190 Å². The first kappa shape index (κ1) is 22.3. The van der Waals surface area contributed by atoms with Gasteiger partial charge in [0.2, 0.25) is 0 Å². The minimum atomic E-state index is -0.0910. The largest absolute Gasteiger partial charge is 0.494 e. The molecule has 6 heteroatoms. The highest BCUT2D eigenvalue weighted by molar-refractivity contribution is 5.95. The van der Waals surface area contributed by atoms with Gasteiger partial charge in [-0.25, -0.2) is 0 Å². The van der Waals surface area contributed by atoms with E-state index in [4.69, 9.17) is 4.74 Å². The van der Waals surface area contributed by atoms with Gasteiger partial charge in [0.1, 0.15) is 5.75 Å². The van der Waals surface area contributed by atoms with Crippen LogP contribution >= 0.6 is 0 Å². The van der Waals surface area contributed by atoms with Crippen molar-refractivity contribution in [2.75, 3.05) is 39.3 Å². The first-order valence-corrected chi connectivity index (χ1v) is 11.8. The van der Waals surface area contributed by atoms with Gasteiger partial charge in [-0.3, -0.25) is 9.59 Å². The molecule has 2 aliphatic heterocycles. The van der Waals surface area contributed by atoms with Crippen LogP contribution in [0.5, 0.6) is 5.75 Å². The topological polar surface area (TPSA) is 61.9 Å². The number of benzene rings is 2. The molecule has 2 aromatic carbocycles. The Morgan fingerprint density at radius 1 is 0.906 bits per heavy atom. The lowest BCUT2D eigenvalue weighted by molar-refractivity contribution is 0.0783. The molecule has 170 valence electrons. The van der Waals surface area contributed by atoms with Gasteiger partial charge in [0.05, 0.1) is 6.61 Å². The highest BCUT2D eigenvalue weighted by atomic mass is 16.5. The summed E-state index contributed by atoms with van der Waals surface area (Å²) < 4.78 is 5.86. The van der Waals surface area contributed by atoms with Crippen molar-refractivity contribution in [3.05, 3.63) is 65.7 Å². The summed E-state index contributed by atoms with van der Waals surface area (Å²) >= 11 is 0. The molecule has 2 amide bonds. The van der Waals surface area contributed by atoms with Gasteiger partial charge in [0, 0.05) is 36.8 Å². The number of rotatable bonds is 8. The maximum absolute atomic E-state index is 12.9. The Hall–Kier alpha value is -2.86. The number of carbonyl (C=O) groups excluding carboxylic acids is 2. The number of amides is 2. The van der Waals surface area contributed by atoms with Gasteiger partial charge in [0.25, 0.3) is 11.8 Å². The van der Waals surface area contributed by atoms with Crippen LogP contribution in [-0.4, -0.2) is 67.0 Å². The molecule has 0 bridgehead atoms. The second kappa shape index (κ2) is 11.1. The van der Waals surface area contributed by atoms with Gasteiger partial charge < -0.3 is 19.9 Å². The molecule has 0 aliphatic carbocycles. The molecular formula is C26H33N3O3. The first-order chi connectivity index (χ1) is 15.7. The fourth-order valence-corrected chi connectivity index (χ4v) is 4.46. The number of nitrogens with one attached hydrogen (secondary N) is 1. The lowest BCUT2D eigenvalue weighted by atomic mass is 10.1. The van der Waals surface area contributed by atoms with Crippen LogP contribution in [0.1, 0.15) is 52.8 Å². The molecule has 2 aliphatic rings. The molecule has 32 heavy (non-hydrogen) atoms. The molecule has 2 aromatic rings. The fourth-order valence-electron chi connectivity index (χ4n) is 4.46. The van der Waals surface area contributed by atoms with Crippen LogP contribution in [0.3, 0.4) is 0 Å². The summed E-state index contributed by atoms with van der Waals surface area (Å²) in [5.41, 5.74) is 1.30. The number of hydrogen-bond donors (Lipinski definition) is 1. The zero-order valence-corrected chi connectivity index (χ0v) is 18.7. The highest BCUT2D eigenvalue weighted by Gasteiger charge is 2.28. The highest BCUT2D eigenvalue weighted by Crippen LogP contribution is 2.18. The van der Waals surface area contributed by atoms with E-state index >= 15 is 0 Å². The summed E-state index contributed by atoms with van der Waals surface area (Å²) in [5.74, 6) is 0.708. The van der Waals surface area contributed by atoms with Crippen molar-refractivity contribution in [1.82, 2.24) is 15.1 Å². The Bertz CT molecular complexity index is 879. The first-order valence-electron chi connectivity index (χ1n) is 11.8. The SMILES string of the molecule is O=C(NC1CCN(C(=O)c2ccc(OCCCN3CCCCC3)cc2)C1)c1ccccc1. The third-order valence-corrected chi connectivity index (χ3v) is 6.28. The number of piperidine rings is 1. The molecular weight excluding hydrogens is 402 g/mol. The lowest BCUT2D eigenvalue weighted by Crippen LogP contribution is -2.38. The summed E-state index contributed by atoms with van der Waals surface area (Å²) in [6, 6.07) is 16.6. The Balaban J connectivity index is 1.20. The molecule has 2 saturated heterocycles. The molecule has 0 spiro atoms. The predicted molar refractivity (Wildman–Crippen MR) is 125 cm³/mol. The van der Waals surface area contributed by atoms with Crippen LogP contribution in [0.25, 0.3) is 0 Å². The molecule has 1 unspecified atom stereocenters.